The van der Waals surface area contributed by atoms with E-state index in [4.69, 9.17) is 0 Å². The Balaban J connectivity index is 1.30. The van der Waals surface area contributed by atoms with Crippen LogP contribution in [0.3, 0.4) is 0 Å². The minimum atomic E-state index is -3.80. The van der Waals surface area contributed by atoms with Crippen molar-refractivity contribution in [2.45, 2.75) is 36.3 Å². The van der Waals surface area contributed by atoms with Crippen molar-refractivity contribution >= 4 is 26.0 Å². The number of benzene rings is 2. The number of nitrogens with zero attached hydrogens (tertiary/aromatic N) is 2. The van der Waals surface area contributed by atoms with E-state index in [9.17, 15) is 21.6 Å². The first-order valence-corrected chi connectivity index (χ1v) is 14.2. The van der Waals surface area contributed by atoms with Crippen molar-refractivity contribution in [1.82, 2.24) is 13.9 Å². The minimum Gasteiger partial charge on any atom is -0.339 e. The average Bonchev–Trinajstić information content (AvgIpc) is 2.82. The number of piperazine rings is 1. The second-order valence-electron chi connectivity index (χ2n) is 8.48. The number of rotatable bonds is 7. The standard InChI is InChI=1S/C23H29N3O5S2/c27-23(17-24-33(30,31)22-11-10-20-8-4-5-9-21(20)16-22)25-12-14-26(15-13-25)32(28,29)18-19-6-2-1-3-7-19/h1-3,6-7,10-11,16,24H,4-5,8-9,12-15,17-18H2. The number of fused-ring (bicyclic) bond motifs is 1. The molecule has 4 rings (SSSR count). The van der Waals surface area contributed by atoms with Crippen LogP contribution in [0.15, 0.2) is 53.4 Å². The summed E-state index contributed by atoms with van der Waals surface area (Å²) in [7, 11) is -7.28. The quantitative estimate of drug-likeness (QED) is 0.633. The first-order chi connectivity index (χ1) is 15.7. The smallest absolute Gasteiger partial charge is 0.241 e. The van der Waals surface area contributed by atoms with Gasteiger partial charge in [-0.05, 0) is 54.5 Å². The van der Waals surface area contributed by atoms with Gasteiger partial charge in [0, 0.05) is 26.2 Å². The summed E-state index contributed by atoms with van der Waals surface area (Å²) in [6.45, 7) is 0.494. The summed E-state index contributed by atoms with van der Waals surface area (Å²) in [4.78, 5) is 14.3. The van der Waals surface area contributed by atoms with Crippen molar-refractivity contribution in [2.24, 2.45) is 0 Å². The van der Waals surface area contributed by atoms with Crippen LogP contribution in [0.2, 0.25) is 0 Å². The molecule has 1 aliphatic carbocycles. The van der Waals surface area contributed by atoms with Crippen LogP contribution in [-0.4, -0.2) is 64.7 Å². The van der Waals surface area contributed by atoms with Crippen LogP contribution < -0.4 is 4.72 Å². The van der Waals surface area contributed by atoms with Gasteiger partial charge in [0.15, 0.2) is 0 Å². The molecular weight excluding hydrogens is 462 g/mol. The predicted octanol–water partition coefficient (Wildman–Crippen LogP) is 1.52. The lowest BCUT2D eigenvalue weighted by molar-refractivity contribution is -0.131. The molecule has 1 saturated heterocycles. The second kappa shape index (κ2) is 9.92. The Kier molecular flexibility index (Phi) is 7.18. The zero-order chi connectivity index (χ0) is 23.5. The maximum absolute atomic E-state index is 12.7. The van der Waals surface area contributed by atoms with Gasteiger partial charge in [0.1, 0.15) is 0 Å². The van der Waals surface area contributed by atoms with Gasteiger partial charge < -0.3 is 4.90 Å². The lowest BCUT2D eigenvalue weighted by Crippen LogP contribution is -2.52. The van der Waals surface area contributed by atoms with Gasteiger partial charge in [-0.1, -0.05) is 36.4 Å². The molecule has 8 nitrogen and oxygen atoms in total. The molecule has 0 radical (unpaired) electrons. The Bertz CT molecular complexity index is 1210. The van der Waals surface area contributed by atoms with Crippen molar-refractivity contribution in [1.29, 1.82) is 0 Å². The minimum absolute atomic E-state index is 0.0810. The number of amides is 1. The monoisotopic (exact) mass is 491 g/mol. The maximum Gasteiger partial charge on any atom is 0.241 e. The number of hydrogen-bond acceptors (Lipinski definition) is 5. The van der Waals surface area contributed by atoms with E-state index in [1.807, 2.05) is 12.1 Å². The van der Waals surface area contributed by atoms with Crippen LogP contribution in [-0.2, 0) is 43.4 Å². The third kappa shape index (κ3) is 5.81. The fourth-order valence-electron chi connectivity index (χ4n) is 4.32. The molecule has 0 bridgehead atoms. The molecule has 1 fully saturated rings. The highest BCUT2D eigenvalue weighted by molar-refractivity contribution is 7.89. The van der Waals surface area contributed by atoms with Gasteiger partial charge >= 0.3 is 0 Å². The fraction of sp³-hybridized carbons (Fsp3) is 0.435. The first-order valence-electron chi connectivity index (χ1n) is 11.2. The van der Waals surface area contributed by atoms with E-state index in [2.05, 4.69) is 4.72 Å². The van der Waals surface area contributed by atoms with Crippen molar-refractivity contribution in [2.75, 3.05) is 32.7 Å². The van der Waals surface area contributed by atoms with Gasteiger partial charge in [-0.15, -0.1) is 0 Å². The molecule has 2 aromatic carbocycles. The van der Waals surface area contributed by atoms with Crippen LogP contribution in [0.5, 0.6) is 0 Å². The molecule has 0 saturated carbocycles. The normalized spacial score (nSPS) is 17.5. The molecule has 10 heteroatoms. The molecule has 0 spiro atoms. The summed E-state index contributed by atoms with van der Waals surface area (Å²) < 4.78 is 54.5. The van der Waals surface area contributed by atoms with E-state index in [1.54, 1.807) is 36.4 Å². The van der Waals surface area contributed by atoms with E-state index in [-0.39, 0.29) is 49.3 Å². The molecule has 1 aliphatic heterocycles. The highest BCUT2D eigenvalue weighted by Crippen LogP contribution is 2.24. The predicted molar refractivity (Wildman–Crippen MR) is 125 cm³/mol. The molecule has 0 unspecified atom stereocenters. The Morgan fingerprint density at radius 2 is 1.52 bits per heavy atom. The Hall–Kier alpha value is -2.27. The Labute approximate surface area is 195 Å². The molecule has 1 amide bonds. The molecular formula is C23H29N3O5S2. The van der Waals surface area contributed by atoms with Crippen molar-refractivity contribution in [3.05, 3.63) is 65.2 Å². The van der Waals surface area contributed by atoms with Crippen LogP contribution in [0, 0.1) is 0 Å². The third-order valence-electron chi connectivity index (χ3n) is 6.22. The molecule has 2 aromatic rings. The molecule has 178 valence electrons. The van der Waals surface area contributed by atoms with Crippen molar-refractivity contribution < 1.29 is 21.6 Å². The van der Waals surface area contributed by atoms with Gasteiger partial charge in [-0.25, -0.2) is 21.6 Å². The van der Waals surface area contributed by atoms with Gasteiger partial charge in [0.2, 0.25) is 26.0 Å². The zero-order valence-corrected chi connectivity index (χ0v) is 20.1. The first kappa shape index (κ1) is 23.9. The summed E-state index contributed by atoms with van der Waals surface area (Å²) in [6.07, 6.45) is 4.01. The number of sulfonamides is 2. The molecule has 0 aromatic heterocycles. The highest BCUT2D eigenvalue weighted by atomic mass is 32.2. The maximum atomic E-state index is 12.7. The summed E-state index contributed by atoms with van der Waals surface area (Å²) >= 11 is 0. The fourth-order valence-corrected chi connectivity index (χ4v) is 6.86. The van der Waals surface area contributed by atoms with E-state index >= 15 is 0 Å². The van der Waals surface area contributed by atoms with Crippen LogP contribution in [0.1, 0.15) is 29.5 Å². The van der Waals surface area contributed by atoms with E-state index in [0.717, 1.165) is 31.2 Å². The van der Waals surface area contributed by atoms with E-state index < -0.39 is 20.0 Å². The van der Waals surface area contributed by atoms with E-state index in [0.29, 0.717) is 5.56 Å². The van der Waals surface area contributed by atoms with Gasteiger partial charge in [-0.2, -0.15) is 4.31 Å². The van der Waals surface area contributed by atoms with Gasteiger partial charge in [0.05, 0.1) is 17.2 Å². The van der Waals surface area contributed by atoms with Gasteiger partial charge in [-0.3, -0.25) is 4.79 Å². The lowest BCUT2D eigenvalue weighted by atomic mass is 9.92. The number of hydrogen-bond donors (Lipinski definition) is 1. The summed E-state index contributed by atoms with van der Waals surface area (Å²) in [5.74, 6) is -0.445. The zero-order valence-electron chi connectivity index (χ0n) is 18.4. The van der Waals surface area contributed by atoms with Crippen molar-refractivity contribution in [3.8, 4) is 0 Å². The Morgan fingerprint density at radius 3 is 2.21 bits per heavy atom. The molecule has 1 heterocycles. The van der Waals surface area contributed by atoms with Crippen LogP contribution in [0.25, 0.3) is 0 Å². The second-order valence-corrected chi connectivity index (χ2v) is 12.2. The summed E-state index contributed by atoms with van der Waals surface area (Å²) in [6, 6.07) is 14.1. The average molecular weight is 492 g/mol. The largest absolute Gasteiger partial charge is 0.339 e. The molecule has 0 atom stereocenters. The number of nitrogens with one attached hydrogen (secondary N) is 1. The molecule has 2 aliphatic rings. The SMILES string of the molecule is O=C(CNS(=O)(=O)c1ccc2c(c1)CCCC2)N1CCN(S(=O)(=O)Cc2ccccc2)CC1. The number of carbonyl (C=O) groups is 1. The third-order valence-corrected chi connectivity index (χ3v) is 9.47. The van der Waals surface area contributed by atoms with Crippen LogP contribution >= 0.6 is 0 Å². The van der Waals surface area contributed by atoms with E-state index in [1.165, 1.54) is 14.8 Å². The van der Waals surface area contributed by atoms with Gasteiger partial charge in [0.25, 0.3) is 0 Å². The molecule has 33 heavy (non-hydrogen) atoms. The lowest BCUT2D eigenvalue weighted by Gasteiger charge is -2.34. The number of carbonyl (C=O) groups excluding carboxylic acids is 1. The molecule has 1 N–H and O–H groups in total. The van der Waals surface area contributed by atoms with Crippen molar-refractivity contribution in [3.63, 3.8) is 0 Å². The highest BCUT2D eigenvalue weighted by Gasteiger charge is 2.29. The topological polar surface area (TPSA) is 104 Å². The summed E-state index contributed by atoms with van der Waals surface area (Å²) in [5, 5.41) is 0. The Morgan fingerprint density at radius 1 is 0.848 bits per heavy atom. The van der Waals surface area contributed by atoms with Crippen LogP contribution in [0.4, 0.5) is 0 Å². The number of aryl methyl sites for hydroxylation is 2. The summed E-state index contributed by atoms with van der Waals surface area (Å²) in [5.41, 5.74) is 2.97.